The van der Waals surface area contributed by atoms with Gasteiger partial charge in [0.1, 0.15) is 0 Å². The molecular weight excluding hydrogens is 234 g/mol. The predicted octanol–water partition coefficient (Wildman–Crippen LogP) is 3.13. The first-order valence-corrected chi connectivity index (χ1v) is 6.60. The Bertz CT molecular complexity index is 643. The molecule has 1 atom stereocenters. The fourth-order valence-electron chi connectivity index (χ4n) is 2.44. The third-order valence-electron chi connectivity index (χ3n) is 3.45. The van der Waals surface area contributed by atoms with Gasteiger partial charge in [0.15, 0.2) is 5.78 Å². The van der Waals surface area contributed by atoms with E-state index in [1.807, 2.05) is 53.2 Å². The number of carbonyl (C=O) groups is 1. The first-order chi connectivity index (χ1) is 9.34. The number of fused-ring (bicyclic) bond motifs is 1. The normalized spacial score (nSPS) is 18.1. The second-order valence-corrected chi connectivity index (χ2v) is 4.78. The highest BCUT2D eigenvalue weighted by atomic mass is 16.1. The highest BCUT2D eigenvalue weighted by molar-refractivity contribution is 5.98. The van der Waals surface area contributed by atoms with Crippen LogP contribution in [0.1, 0.15) is 28.9 Å². The first kappa shape index (κ1) is 11.8. The summed E-state index contributed by atoms with van der Waals surface area (Å²) in [4.78, 5) is 12.4. The van der Waals surface area contributed by atoms with E-state index in [-0.39, 0.29) is 11.7 Å². The van der Waals surface area contributed by atoms with Gasteiger partial charge in [-0.3, -0.25) is 4.79 Å². The Morgan fingerprint density at radius 3 is 2.79 bits per heavy atom. The van der Waals surface area contributed by atoms with Gasteiger partial charge in [-0.05, 0) is 37.1 Å². The average Bonchev–Trinajstić information content (AvgIpc) is 2.86. The molecule has 2 heterocycles. The van der Waals surface area contributed by atoms with Crippen LogP contribution in [0.15, 0.2) is 48.7 Å². The summed E-state index contributed by atoms with van der Waals surface area (Å²) in [5.41, 5.74) is 1.76. The number of carbonyl (C=O) groups excluding carboxylic acids is 1. The number of hydrogen-bond donors (Lipinski definition) is 0. The van der Waals surface area contributed by atoms with Crippen LogP contribution in [0.25, 0.3) is 0 Å². The second kappa shape index (κ2) is 5.16. The number of nitrogens with zero attached hydrogens (tertiary/aromatic N) is 1. The van der Waals surface area contributed by atoms with Crippen LogP contribution < -0.4 is 0 Å². The maximum atomic E-state index is 12.4. The lowest BCUT2D eigenvalue weighted by Gasteiger charge is -2.04. The molecular formula is C17H15NO. The van der Waals surface area contributed by atoms with Crippen LogP contribution in [0.4, 0.5) is 0 Å². The van der Waals surface area contributed by atoms with Crippen molar-refractivity contribution in [2.24, 2.45) is 5.92 Å². The number of aryl methyl sites for hydroxylation is 1. The van der Waals surface area contributed by atoms with Gasteiger partial charge in [-0.15, -0.1) is 0 Å². The van der Waals surface area contributed by atoms with Crippen LogP contribution in [-0.2, 0) is 6.54 Å². The SMILES string of the molecule is O=C1c2cccn2CCCC1C#Cc1ccccc1. The molecule has 0 radical (unpaired) electrons. The Morgan fingerprint density at radius 1 is 1.11 bits per heavy atom. The Morgan fingerprint density at radius 2 is 1.95 bits per heavy atom. The van der Waals surface area contributed by atoms with Crippen molar-refractivity contribution in [2.75, 3.05) is 0 Å². The van der Waals surface area contributed by atoms with Gasteiger partial charge in [0.05, 0.1) is 11.6 Å². The third-order valence-corrected chi connectivity index (χ3v) is 3.45. The summed E-state index contributed by atoms with van der Waals surface area (Å²) < 4.78 is 2.03. The van der Waals surface area contributed by atoms with Crippen LogP contribution in [0.5, 0.6) is 0 Å². The van der Waals surface area contributed by atoms with Crippen LogP contribution >= 0.6 is 0 Å². The van der Waals surface area contributed by atoms with Crippen LogP contribution in [-0.4, -0.2) is 10.4 Å². The van der Waals surface area contributed by atoms with Gasteiger partial charge in [-0.2, -0.15) is 0 Å². The van der Waals surface area contributed by atoms with E-state index in [1.165, 1.54) is 0 Å². The molecule has 2 nitrogen and oxygen atoms in total. The summed E-state index contributed by atoms with van der Waals surface area (Å²) >= 11 is 0. The summed E-state index contributed by atoms with van der Waals surface area (Å²) in [6.45, 7) is 0.914. The summed E-state index contributed by atoms with van der Waals surface area (Å²) in [6.07, 6.45) is 3.82. The Hall–Kier alpha value is -2.27. The fourth-order valence-corrected chi connectivity index (χ4v) is 2.44. The van der Waals surface area contributed by atoms with E-state index in [0.717, 1.165) is 30.6 Å². The van der Waals surface area contributed by atoms with Crippen LogP contribution in [0.3, 0.4) is 0 Å². The maximum Gasteiger partial charge on any atom is 0.194 e. The summed E-state index contributed by atoms with van der Waals surface area (Å²) in [7, 11) is 0. The molecule has 1 aliphatic heterocycles. The maximum absolute atomic E-state index is 12.4. The van der Waals surface area contributed by atoms with Crippen molar-refractivity contribution in [2.45, 2.75) is 19.4 Å². The molecule has 0 spiro atoms. The minimum absolute atomic E-state index is 0.158. The Kier molecular flexibility index (Phi) is 3.20. The van der Waals surface area contributed by atoms with E-state index < -0.39 is 0 Å². The van der Waals surface area contributed by atoms with Gasteiger partial charge >= 0.3 is 0 Å². The molecule has 0 fully saturated rings. The predicted molar refractivity (Wildman–Crippen MR) is 74.8 cm³/mol. The molecule has 0 saturated carbocycles. The minimum atomic E-state index is -0.170. The zero-order valence-electron chi connectivity index (χ0n) is 10.7. The van der Waals surface area contributed by atoms with Crippen molar-refractivity contribution < 1.29 is 4.79 Å². The van der Waals surface area contributed by atoms with Gasteiger partial charge in [-0.1, -0.05) is 30.0 Å². The van der Waals surface area contributed by atoms with Gasteiger partial charge in [0.25, 0.3) is 0 Å². The fraction of sp³-hybridized carbons (Fsp3) is 0.235. The molecule has 1 aromatic carbocycles. The van der Waals surface area contributed by atoms with E-state index in [0.29, 0.717) is 0 Å². The largest absolute Gasteiger partial charge is 0.345 e. The lowest BCUT2D eigenvalue weighted by Crippen LogP contribution is -2.13. The highest BCUT2D eigenvalue weighted by Gasteiger charge is 2.23. The summed E-state index contributed by atoms with van der Waals surface area (Å²) in [5, 5.41) is 0. The number of rotatable bonds is 0. The van der Waals surface area contributed by atoms with Crippen molar-refractivity contribution in [1.29, 1.82) is 0 Å². The van der Waals surface area contributed by atoms with Crippen molar-refractivity contribution in [3.63, 3.8) is 0 Å². The summed E-state index contributed by atoms with van der Waals surface area (Å²) in [6, 6.07) is 13.7. The Labute approximate surface area is 113 Å². The molecule has 0 N–H and O–H groups in total. The second-order valence-electron chi connectivity index (χ2n) is 4.78. The lowest BCUT2D eigenvalue weighted by molar-refractivity contribution is 0.0943. The van der Waals surface area contributed by atoms with Gasteiger partial charge in [0.2, 0.25) is 0 Å². The zero-order valence-corrected chi connectivity index (χ0v) is 10.7. The van der Waals surface area contributed by atoms with E-state index in [4.69, 9.17) is 0 Å². The van der Waals surface area contributed by atoms with Gasteiger partial charge in [-0.25, -0.2) is 0 Å². The molecule has 1 unspecified atom stereocenters. The van der Waals surface area contributed by atoms with Gasteiger partial charge in [0, 0.05) is 18.3 Å². The minimum Gasteiger partial charge on any atom is -0.345 e. The van der Waals surface area contributed by atoms with E-state index >= 15 is 0 Å². The van der Waals surface area contributed by atoms with Crippen molar-refractivity contribution in [3.8, 4) is 11.8 Å². The van der Waals surface area contributed by atoms with Crippen molar-refractivity contribution in [1.82, 2.24) is 4.57 Å². The highest BCUT2D eigenvalue weighted by Crippen LogP contribution is 2.20. The number of benzene rings is 1. The monoisotopic (exact) mass is 249 g/mol. The van der Waals surface area contributed by atoms with Gasteiger partial charge < -0.3 is 4.57 Å². The lowest BCUT2D eigenvalue weighted by atomic mass is 9.97. The van der Waals surface area contributed by atoms with Crippen LogP contribution in [0.2, 0.25) is 0 Å². The zero-order chi connectivity index (χ0) is 13.1. The van der Waals surface area contributed by atoms with E-state index in [9.17, 15) is 4.79 Å². The number of aromatic nitrogens is 1. The van der Waals surface area contributed by atoms with E-state index in [1.54, 1.807) is 0 Å². The molecule has 0 aliphatic carbocycles. The number of Topliss-reactive ketones (excluding diaryl/α,β-unsaturated/α-hetero) is 1. The molecule has 2 aromatic rings. The third kappa shape index (κ3) is 2.46. The van der Waals surface area contributed by atoms with Crippen LogP contribution in [0, 0.1) is 17.8 Å². The molecule has 19 heavy (non-hydrogen) atoms. The van der Waals surface area contributed by atoms with Crippen molar-refractivity contribution >= 4 is 5.78 Å². The summed E-state index contributed by atoms with van der Waals surface area (Å²) in [5.74, 6) is 6.25. The topological polar surface area (TPSA) is 22.0 Å². The molecule has 0 bridgehead atoms. The number of ketones is 1. The van der Waals surface area contributed by atoms with Crippen molar-refractivity contribution in [3.05, 3.63) is 59.9 Å². The molecule has 1 aliphatic rings. The quantitative estimate of drug-likeness (QED) is 0.657. The molecule has 0 saturated heterocycles. The standard InChI is InChI=1S/C17H15NO/c19-17-15(11-10-14-6-2-1-3-7-14)8-4-12-18-13-5-9-16(17)18/h1-3,5-7,9,13,15H,4,8,12H2. The molecule has 0 amide bonds. The molecule has 2 heteroatoms. The smallest absolute Gasteiger partial charge is 0.194 e. The molecule has 94 valence electrons. The molecule has 3 rings (SSSR count). The average molecular weight is 249 g/mol. The number of hydrogen-bond acceptors (Lipinski definition) is 1. The first-order valence-electron chi connectivity index (χ1n) is 6.60. The molecule has 1 aromatic heterocycles. The Balaban J connectivity index is 1.87. The van der Waals surface area contributed by atoms with E-state index in [2.05, 4.69) is 11.8 Å².